The predicted molar refractivity (Wildman–Crippen MR) is 139 cm³/mol. The maximum absolute atomic E-state index is 14.3. The Kier molecular flexibility index (Phi) is 6.77. The average molecular weight is 539 g/mol. The number of alkyl halides is 3. The smallest absolute Gasteiger partial charge is 0.313 e. The average Bonchev–Trinajstić information content (AvgIpc) is 3.30. The fourth-order valence-corrected chi connectivity index (χ4v) is 4.54. The third-order valence-electron chi connectivity index (χ3n) is 6.20. The van der Waals surface area contributed by atoms with Crippen LogP contribution in [0, 0.1) is 6.92 Å². The van der Waals surface area contributed by atoms with Crippen molar-refractivity contribution in [2.24, 2.45) is 0 Å². The van der Waals surface area contributed by atoms with Crippen LogP contribution in [0.2, 0.25) is 5.02 Å². The molecular weight excluding hydrogens is 517 g/mol. The van der Waals surface area contributed by atoms with Crippen molar-refractivity contribution in [1.29, 1.82) is 0 Å². The number of nitrogens with zero attached hydrogens (tertiary/aromatic N) is 5. The van der Waals surface area contributed by atoms with Gasteiger partial charge in [0.25, 0.3) is 5.56 Å². The number of aryl methyl sites for hydroxylation is 1. The molecule has 3 aromatic heterocycles. The molecule has 0 spiro atoms. The zero-order valence-electron chi connectivity index (χ0n) is 20.4. The zero-order valence-corrected chi connectivity index (χ0v) is 21.2. The summed E-state index contributed by atoms with van der Waals surface area (Å²) in [5.41, 5.74) is 2.07. The van der Waals surface area contributed by atoms with Crippen LogP contribution in [0.5, 0.6) is 0 Å². The van der Waals surface area contributed by atoms with Crippen molar-refractivity contribution in [3.8, 4) is 22.3 Å². The fourth-order valence-electron chi connectivity index (χ4n) is 4.41. The Hall–Kier alpha value is -4.02. The summed E-state index contributed by atoms with van der Waals surface area (Å²) in [6.45, 7) is 1.76. The standard InChI is InChI=1S/C27H22ClF3N6O/c1-16-19(10-13-21(33-16)27(29,30)31)15-36-26(38)24(17-6-4-3-5-7-17)23(18-8-11-20(28)12-9-18)25-35-34-22(14-32-2)37(25)36/h3-13,32H,14-15H2,1-2H3. The van der Waals surface area contributed by atoms with E-state index < -0.39 is 11.9 Å². The molecule has 194 valence electrons. The Morgan fingerprint density at radius 2 is 1.61 bits per heavy atom. The van der Waals surface area contributed by atoms with Gasteiger partial charge in [-0.05, 0) is 48.9 Å². The van der Waals surface area contributed by atoms with E-state index in [1.54, 1.807) is 23.7 Å². The molecule has 2 aromatic carbocycles. The van der Waals surface area contributed by atoms with Gasteiger partial charge in [0.15, 0.2) is 11.5 Å². The summed E-state index contributed by atoms with van der Waals surface area (Å²) in [6.07, 6.45) is -4.57. The Bertz CT molecular complexity index is 1680. The van der Waals surface area contributed by atoms with Gasteiger partial charge in [0, 0.05) is 16.3 Å². The predicted octanol–water partition coefficient (Wildman–Crippen LogP) is 5.37. The molecule has 0 aliphatic rings. The van der Waals surface area contributed by atoms with E-state index >= 15 is 0 Å². The van der Waals surface area contributed by atoms with Crippen molar-refractivity contribution < 1.29 is 13.2 Å². The largest absolute Gasteiger partial charge is 0.433 e. The van der Waals surface area contributed by atoms with Gasteiger partial charge in [-0.25, -0.2) is 14.2 Å². The first-order valence-corrected chi connectivity index (χ1v) is 12.1. The Balaban J connectivity index is 1.83. The summed E-state index contributed by atoms with van der Waals surface area (Å²) in [5.74, 6) is 0.465. The molecule has 5 rings (SSSR count). The van der Waals surface area contributed by atoms with E-state index in [4.69, 9.17) is 11.6 Å². The van der Waals surface area contributed by atoms with Gasteiger partial charge < -0.3 is 5.32 Å². The van der Waals surface area contributed by atoms with Crippen LogP contribution in [0.1, 0.15) is 22.8 Å². The first-order chi connectivity index (χ1) is 18.2. The molecule has 0 saturated carbocycles. The van der Waals surface area contributed by atoms with Crippen LogP contribution in [0.4, 0.5) is 13.2 Å². The van der Waals surface area contributed by atoms with E-state index in [1.165, 1.54) is 17.7 Å². The quantitative estimate of drug-likeness (QED) is 0.315. The number of halogens is 4. The van der Waals surface area contributed by atoms with Crippen molar-refractivity contribution in [1.82, 2.24) is 29.7 Å². The van der Waals surface area contributed by atoms with E-state index in [9.17, 15) is 18.0 Å². The highest BCUT2D eigenvalue weighted by atomic mass is 35.5. The summed E-state index contributed by atoms with van der Waals surface area (Å²) in [4.78, 5) is 18.0. The number of hydrogen-bond acceptors (Lipinski definition) is 5. The third kappa shape index (κ3) is 4.68. The third-order valence-corrected chi connectivity index (χ3v) is 6.46. The summed E-state index contributed by atoms with van der Waals surface area (Å²) < 4.78 is 42.7. The topological polar surface area (TPSA) is 77.1 Å². The Morgan fingerprint density at radius 1 is 0.921 bits per heavy atom. The minimum atomic E-state index is -4.57. The monoisotopic (exact) mass is 538 g/mol. The molecule has 0 saturated heterocycles. The molecule has 0 aliphatic heterocycles. The van der Waals surface area contributed by atoms with Crippen molar-refractivity contribution in [3.05, 3.63) is 105 Å². The molecule has 0 aliphatic carbocycles. The number of pyridine rings is 1. The van der Waals surface area contributed by atoms with Crippen LogP contribution >= 0.6 is 11.6 Å². The number of rotatable bonds is 6. The lowest BCUT2D eigenvalue weighted by molar-refractivity contribution is -0.141. The van der Waals surface area contributed by atoms with Crippen LogP contribution < -0.4 is 10.9 Å². The molecule has 0 atom stereocenters. The van der Waals surface area contributed by atoms with Crippen molar-refractivity contribution in [2.45, 2.75) is 26.2 Å². The van der Waals surface area contributed by atoms with E-state index in [0.29, 0.717) is 45.3 Å². The van der Waals surface area contributed by atoms with Gasteiger partial charge in [-0.1, -0.05) is 60.1 Å². The number of benzene rings is 2. The van der Waals surface area contributed by atoms with E-state index in [1.807, 2.05) is 42.5 Å². The SMILES string of the molecule is CNCc1nnc2c(-c3ccc(Cl)cc3)c(-c3ccccc3)c(=O)n(Cc3ccc(C(F)(F)F)nc3C)n12. The highest BCUT2D eigenvalue weighted by Gasteiger charge is 2.33. The van der Waals surface area contributed by atoms with Crippen molar-refractivity contribution in [3.63, 3.8) is 0 Å². The molecule has 5 aromatic rings. The van der Waals surface area contributed by atoms with Gasteiger partial charge in [0.1, 0.15) is 5.69 Å². The highest BCUT2D eigenvalue weighted by Crippen LogP contribution is 2.34. The molecule has 0 unspecified atom stereocenters. The van der Waals surface area contributed by atoms with Gasteiger partial charge >= 0.3 is 6.18 Å². The minimum Gasteiger partial charge on any atom is -0.313 e. The van der Waals surface area contributed by atoms with Gasteiger partial charge in [-0.15, -0.1) is 10.2 Å². The maximum Gasteiger partial charge on any atom is 0.433 e. The normalized spacial score (nSPS) is 11.8. The second-order valence-corrected chi connectivity index (χ2v) is 9.14. The molecule has 1 N–H and O–H groups in total. The summed E-state index contributed by atoms with van der Waals surface area (Å²) in [7, 11) is 1.74. The molecule has 38 heavy (non-hydrogen) atoms. The van der Waals surface area contributed by atoms with Crippen molar-refractivity contribution >= 4 is 17.2 Å². The van der Waals surface area contributed by atoms with E-state index in [-0.39, 0.29) is 17.8 Å². The van der Waals surface area contributed by atoms with Crippen LogP contribution in [0.3, 0.4) is 0 Å². The van der Waals surface area contributed by atoms with Crippen LogP contribution in [-0.4, -0.2) is 31.4 Å². The second-order valence-electron chi connectivity index (χ2n) is 8.71. The molecule has 7 nitrogen and oxygen atoms in total. The van der Waals surface area contributed by atoms with Gasteiger partial charge in [-0.2, -0.15) is 13.2 Å². The first kappa shape index (κ1) is 25.6. The number of hydrogen-bond donors (Lipinski definition) is 1. The second kappa shape index (κ2) is 10.0. The fraction of sp³-hybridized carbons (Fsp3) is 0.185. The van der Waals surface area contributed by atoms with Crippen LogP contribution in [0.25, 0.3) is 27.9 Å². The summed E-state index contributed by atoms with van der Waals surface area (Å²) in [5, 5.41) is 12.4. The van der Waals surface area contributed by atoms with Crippen LogP contribution in [-0.2, 0) is 19.3 Å². The molecular formula is C27H22ClF3N6O. The number of fused-ring (bicyclic) bond motifs is 1. The highest BCUT2D eigenvalue weighted by molar-refractivity contribution is 6.30. The van der Waals surface area contributed by atoms with Gasteiger partial charge in [0.05, 0.1) is 18.7 Å². The lowest BCUT2D eigenvalue weighted by atomic mass is 9.96. The summed E-state index contributed by atoms with van der Waals surface area (Å²) in [6, 6.07) is 18.5. The number of aromatic nitrogens is 5. The first-order valence-electron chi connectivity index (χ1n) is 11.7. The molecule has 0 amide bonds. The van der Waals surface area contributed by atoms with E-state index in [2.05, 4.69) is 20.5 Å². The lowest BCUT2D eigenvalue weighted by Crippen LogP contribution is -2.31. The molecule has 0 bridgehead atoms. The molecule has 0 radical (unpaired) electrons. The molecule has 0 fully saturated rings. The van der Waals surface area contributed by atoms with Crippen molar-refractivity contribution in [2.75, 3.05) is 7.05 Å². The minimum absolute atomic E-state index is 0.0399. The maximum atomic E-state index is 14.3. The van der Waals surface area contributed by atoms with Crippen LogP contribution in [0.15, 0.2) is 71.5 Å². The number of nitrogens with one attached hydrogen (secondary N) is 1. The van der Waals surface area contributed by atoms with Gasteiger partial charge in [0.2, 0.25) is 0 Å². The van der Waals surface area contributed by atoms with Gasteiger partial charge in [-0.3, -0.25) is 4.79 Å². The zero-order chi connectivity index (χ0) is 27.0. The Morgan fingerprint density at radius 3 is 2.24 bits per heavy atom. The molecule has 3 heterocycles. The summed E-state index contributed by atoms with van der Waals surface area (Å²) >= 11 is 6.14. The molecule has 11 heteroatoms. The van der Waals surface area contributed by atoms with E-state index in [0.717, 1.165) is 11.6 Å². The lowest BCUT2D eigenvalue weighted by Gasteiger charge is -2.19. The Labute approximate surface area is 220 Å².